The number of carbonyl (C=O) groups excluding carboxylic acids is 3. The van der Waals surface area contributed by atoms with E-state index in [1.165, 1.54) is 12.1 Å². The molecule has 0 spiro atoms. The largest absolute Gasteiger partial charge is 0.507 e. The summed E-state index contributed by atoms with van der Waals surface area (Å²) in [6, 6.07) is 22.8. The molecular formula is C23H21N3O4. The Labute approximate surface area is 173 Å². The van der Waals surface area contributed by atoms with E-state index in [1.807, 2.05) is 30.3 Å². The van der Waals surface area contributed by atoms with Gasteiger partial charge in [-0.05, 0) is 29.8 Å². The second-order valence-electron chi connectivity index (χ2n) is 6.54. The van der Waals surface area contributed by atoms with Gasteiger partial charge < -0.3 is 10.4 Å². The molecule has 152 valence electrons. The molecule has 3 aromatic carbocycles. The van der Waals surface area contributed by atoms with Crippen molar-refractivity contribution in [2.24, 2.45) is 0 Å². The van der Waals surface area contributed by atoms with E-state index in [0.29, 0.717) is 5.56 Å². The number of hydrogen-bond acceptors (Lipinski definition) is 4. The highest BCUT2D eigenvalue weighted by atomic mass is 16.3. The van der Waals surface area contributed by atoms with Gasteiger partial charge in [-0.1, -0.05) is 60.7 Å². The van der Waals surface area contributed by atoms with E-state index in [9.17, 15) is 19.5 Å². The Balaban J connectivity index is 1.70. The lowest BCUT2D eigenvalue weighted by atomic mass is 10.0. The number of hydrogen-bond donors (Lipinski definition) is 4. The smallest absolute Gasteiger partial charge is 0.273 e. The van der Waals surface area contributed by atoms with E-state index >= 15 is 0 Å². The third-order valence-corrected chi connectivity index (χ3v) is 4.39. The molecule has 0 heterocycles. The zero-order valence-electron chi connectivity index (χ0n) is 16.0. The van der Waals surface area contributed by atoms with E-state index in [0.717, 1.165) is 5.56 Å². The number of carbonyl (C=O) groups is 3. The molecule has 7 nitrogen and oxygen atoms in total. The second kappa shape index (κ2) is 9.88. The zero-order valence-corrected chi connectivity index (χ0v) is 16.0. The molecule has 0 aromatic heterocycles. The van der Waals surface area contributed by atoms with Gasteiger partial charge >= 0.3 is 0 Å². The summed E-state index contributed by atoms with van der Waals surface area (Å²) in [4.78, 5) is 37.5. The van der Waals surface area contributed by atoms with Crippen LogP contribution in [0.1, 0.15) is 26.3 Å². The van der Waals surface area contributed by atoms with Gasteiger partial charge in [-0.25, -0.2) is 0 Å². The normalized spacial score (nSPS) is 11.2. The van der Waals surface area contributed by atoms with E-state index in [2.05, 4.69) is 16.2 Å². The first-order chi connectivity index (χ1) is 14.5. The Hall–Kier alpha value is -4.13. The van der Waals surface area contributed by atoms with Gasteiger partial charge in [0, 0.05) is 12.0 Å². The minimum absolute atomic E-state index is 0.0192. The third-order valence-electron chi connectivity index (χ3n) is 4.39. The van der Waals surface area contributed by atoms with Crippen molar-refractivity contribution in [2.75, 3.05) is 0 Å². The average Bonchev–Trinajstić information content (AvgIpc) is 2.78. The van der Waals surface area contributed by atoms with Gasteiger partial charge in [-0.2, -0.15) is 0 Å². The first-order valence-corrected chi connectivity index (χ1v) is 9.32. The molecule has 3 amide bonds. The fourth-order valence-corrected chi connectivity index (χ4v) is 2.83. The van der Waals surface area contributed by atoms with E-state index in [1.54, 1.807) is 42.5 Å². The lowest BCUT2D eigenvalue weighted by molar-refractivity contribution is -0.123. The standard InChI is InChI=1S/C23H21N3O4/c27-20-14-8-7-13-18(20)22(29)25-26-23(30)19(15-16-9-3-1-4-10-16)24-21(28)17-11-5-2-6-12-17/h1-14,19,27H,15H2,(H,24,28)(H,25,29)(H,26,30)/t19-/m0/s1. The molecule has 0 radical (unpaired) electrons. The van der Waals surface area contributed by atoms with Crippen LogP contribution in [0.25, 0.3) is 0 Å². The number of phenolic OH excluding ortho intramolecular Hbond substituents is 1. The second-order valence-corrected chi connectivity index (χ2v) is 6.54. The lowest BCUT2D eigenvalue weighted by Gasteiger charge is -2.19. The molecule has 4 N–H and O–H groups in total. The van der Waals surface area contributed by atoms with Crippen molar-refractivity contribution in [3.05, 3.63) is 102 Å². The van der Waals surface area contributed by atoms with Crippen LogP contribution in [0, 0.1) is 0 Å². The van der Waals surface area contributed by atoms with Crippen molar-refractivity contribution < 1.29 is 19.5 Å². The summed E-state index contributed by atoms with van der Waals surface area (Å²) < 4.78 is 0. The molecule has 30 heavy (non-hydrogen) atoms. The lowest BCUT2D eigenvalue weighted by Crippen LogP contribution is -2.53. The van der Waals surface area contributed by atoms with Crippen molar-refractivity contribution in [1.82, 2.24) is 16.2 Å². The van der Waals surface area contributed by atoms with E-state index in [4.69, 9.17) is 0 Å². The van der Waals surface area contributed by atoms with Crippen molar-refractivity contribution in [3.8, 4) is 5.75 Å². The molecule has 0 saturated carbocycles. The van der Waals surface area contributed by atoms with Crippen LogP contribution in [0.3, 0.4) is 0 Å². The Morgan fingerprint density at radius 3 is 2.00 bits per heavy atom. The summed E-state index contributed by atoms with van der Waals surface area (Å²) in [6.07, 6.45) is 0.234. The Kier molecular flexibility index (Phi) is 6.78. The van der Waals surface area contributed by atoms with Crippen LogP contribution in [-0.4, -0.2) is 28.9 Å². The predicted molar refractivity (Wildman–Crippen MR) is 112 cm³/mol. The van der Waals surface area contributed by atoms with Crippen molar-refractivity contribution in [3.63, 3.8) is 0 Å². The third kappa shape index (κ3) is 5.45. The van der Waals surface area contributed by atoms with Crippen LogP contribution >= 0.6 is 0 Å². The van der Waals surface area contributed by atoms with Crippen LogP contribution < -0.4 is 16.2 Å². The number of para-hydroxylation sites is 1. The fraction of sp³-hybridized carbons (Fsp3) is 0.0870. The molecular weight excluding hydrogens is 382 g/mol. The first kappa shape index (κ1) is 20.6. The molecule has 0 fully saturated rings. The van der Waals surface area contributed by atoms with Gasteiger partial charge in [-0.3, -0.25) is 25.2 Å². The van der Waals surface area contributed by atoms with Gasteiger partial charge in [-0.15, -0.1) is 0 Å². The highest BCUT2D eigenvalue weighted by Gasteiger charge is 2.23. The molecule has 1 atom stereocenters. The molecule has 0 unspecified atom stereocenters. The van der Waals surface area contributed by atoms with Crippen molar-refractivity contribution in [1.29, 1.82) is 0 Å². The summed E-state index contributed by atoms with van der Waals surface area (Å²) in [6.45, 7) is 0. The molecule has 0 saturated heterocycles. The SMILES string of the molecule is O=C(N[C@@H](Cc1ccccc1)C(=O)NNC(=O)c1ccccc1O)c1ccccc1. The van der Waals surface area contributed by atoms with Gasteiger partial charge in [0.15, 0.2) is 0 Å². The summed E-state index contributed by atoms with van der Waals surface area (Å²) in [5, 5.41) is 12.5. The average molecular weight is 403 g/mol. The van der Waals surface area contributed by atoms with Gasteiger partial charge in [0.1, 0.15) is 11.8 Å². The number of aromatic hydroxyl groups is 1. The molecule has 7 heteroatoms. The Morgan fingerprint density at radius 2 is 1.33 bits per heavy atom. The number of benzene rings is 3. The van der Waals surface area contributed by atoms with E-state index < -0.39 is 23.8 Å². The minimum Gasteiger partial charge on any atom is -0.507 e. The van der Waals surface area contributed by atoms with Gasteiger partial charge in [0.25, 0.3) is 17.7 Å². The maximum Gasteiger partial charge on any atom is 0.273 e. The molecule has 3 aromatic rings. The van der Waals surface area contributed by atoms with Crippen LogP contribution in [-0.2, 0) is 11.2 Å². The van der Waals surface area contributed by atoms with Gasteiger partial charge in [0.2, 0.25) is 0 Å². The number of rotatable bonds is 6. The van der Waals surface area contributed by atoms with E-state index in [-0.39, 0.29) is 17.7 Å². The molecule has 3 rings (SSSR count). The maximum atomic E-state index is 12.7. The number of hydrazine groups is 1. The van der Waals surface area contributed by atoms with Crippen LogP contribution in [0.4, 0.5) is 0 Å². The van der Waals surface area contributed by atoms with Gasteiger partial charge in [0.05, 0.1) is 5.56 Å². The van der Waals surface area contributed by atoms with Crippen LogP contribution in [0.2, 0.25) is 0 Å². The highest BCUT2D eigenvalue weighted by Crippen LogP contribution is 2.14. The number of amides is 3. The van der Waals surface area contributed by atoms with Crippen LogP contribution in [0.5, 0.6) is 5.75 Å². The maximum absolute atomic E-state index is 12.7. The number of nitrogens with one attached hydrogen (secondary N) is 3. The zero-order chi connectivity index (χ0) is 21.3. The predicted octanol–water partition coefficient (Wildman–Crippen LogP) is 2.19. The summed E-state index contributed by atoms with van der Waals surface area (Å²) in [5.74, 6) is -1.87. The monoisotopic (exact) mass is 403 g/mol. The van der Waals surface area contributed by atoms with Crippen molar-refractivity contribution >= 4 is 17.7 Å². The fourth-order valence-electron chi connectivity index (χ4n) is 2.83. The summed E-state index contributed by atoms with van der Waals surface area (Å²) in [7, 11) is 0. The molecule has 0 aliphatic rings. The quantitative estimate of drug-likeness (QED) is 0.473. The summed E-state index contributed by atoms with van der Waals surface area (Å²) >= 11 is 0. The number of phenols is 1. The Morgan fingerprint density at radius 1 is 0.733 bits per heavy atom. The first-order valence-electron chi connectivity index (χ1n) is 9.32. The van der Waals surface area contributed by atoms with Crippen LogP contribution in [0.15, 0.2) is 84.9 Å². The topological polar surface area (TPSA) is 108 Å². The minimum atomic E-state index is -0.926. The highest BCUT2D eigenvalue weighted by molar-refractivity contribution is 6.00. The molecule has 0 bridgehead atoms. The molecule has 0 aliphatic carbocycles. The Bertz CT molecular complexity index is 1020. The van der Waals surface area contributed by atoms with Crippen molar-refractivity contribution in [2.45, 2.75) is 12.5 Å². The molecule has 0 aliphatic heterocycles. The summed E-state index contributed by atoms with van der Waals surface area (Å²) in [5.41, 5.74) is 5.87.